The molecule has 1 aliphatic heterocycles. The minimum absolute atomic E-state index is 0.0480. The first-order chi connectivity index (χ1) is 15.6. The summed E-state index contributed by atoms with van der Waals surface area (Å²) in [4.78, 5) is 62.4. The summed E-state index contributed by atoms with van der Waals surface area (Å²) in [5.74, 6) is -2.02. The number of carbonyl (C=O) groups is 5. The minimum atomic E-state index is -1.12. The van der Waals surface area contributed by atoms with E-state index in [1.165, 1.54) is 28.4 Å². The van der Waals surface area contributed by atoms with Crippen LogP contribution in [0, 0.1) is 0 Å². The molecular weight excluding hydrogens is 470 g/mol. The average Bonchev–Trinajstić information content (AvgIpc) is 3.26. The van der Waals surface area contributed by atoms with Crippen LogP contribution < -0.4 is 22.1 Å². The van der Waals surface area contributed by atoms with Gasteiger partial charge in [0.15, 0.2) is 0 Å². The van der Waals surface area contributed by atoms with Crippen LogP contribution in [0.1, 0.15) is 38.5 Å². The first-order valence-corrected chi connectivity index (χ1v) is 13.6. The highest BCUT2D eigenvalue weighted by Gasteiger charge is 2.38. The van der Waals surface area contributed by atoms with Crippen molar-refractivity contribution in [2.75, 3.05) is 30.6 Å². The fraction of sp³-hybridized carbons (Fsp3) is 0.750. The van der Waals surface area contributed by atoms with Crippen molar-refractivity contribution in [3.8, 4) is 0 Å². The molecule has 33 heavy (non-hydrogen) atoms. The number of nitrogens with zero attached hydrogens (tertiary/aromatic N) is 1. The van der Waals surface area contributed by atoms with Crippen molar-refractivity contribution in [1.29, 1.82) is 0 Å². The number of carbonyl (C=O) groups excluding carboxylic acids is 4. The number of hydrogen-bond donors (Lipinski definition) is 5. The summed E-state index contributed by atoms with van der Waals surface area (Å²) in [5.41, 5.74) is 10.9. The van der Waals surface area contributed by atoms with Crippen molar-refractivity contribution in [2.24, 2.45) is 11.5 Å². The van der Waals surface area contributed by atoms with Gasteiger partial charge in [-0.15, -0.1) is 0 Å². The summed E-state index contributed by atoms with van der Waals surface area (Å²) in [6, 6.07) is -3.71. The van der Waals surface area contributed by atoms with Crippen LogP contribution in [0.2, 0.25) is 0 Å². The number of thioether (sulfide) groups is 2. The number of likely N-dealkylation sites (tertiary alicyclic amines) is 1. The Morgan fingerprint density at radius 1 is 1.03 bits per heavy atom. The van der Waals surface area contributed by atoms with Crippen LogP contribution in [0.15, 0.2) is 0 Å². The summed E-state index contributed by atoms with van der Waals surface area (Å²) in [7, 11) is 0. The Kier molecular flexibility index (Phi) is 13.2. The molecule has 0 radical (unpaired) electrons. The van der Waals surface area contributed by atoms with Crippen molar-refractivity contribution < 1.29 is 29.1 Å². The molecule has 0 spiro atoms. The van der Waals surface area contributed by atoms with E-state index in [2.05, 4.69) is 10.6 Å². The number of rotatable bonds is 15. The zero-order valence-corrected chi connectivity index (χ0v) is 20.7. The number of amides is 4. The highest BCUT2D eigenvalue weighted by molar-refractivity contribution is 7.98. The van der Waals surface area contributed by atoms with Gasteiger partial charge < -0.3 is 32.1 Å². The van der Waals surface area contributed by atoms with Crippen LogP contribution in [-0.2, 0) is 24.0 Å². The third-order valence-electron chi connectivity index (χ3n) is 5.33. The third kappa shape index (κ3) is 9.80. The lowest BCUT2D eigenvalue weighted by Crippen LogP contribution is -2.57. The molecule has 1 aliphatic rings. The van der Waals surface area contributed by atoms with Crippen LogP contribution in [-0.4, -0.2) is 94.3 Å². The van der Waals surface area contributed by atoms with Crippen LogP contribution in [0.3, 0.4) is 0 Å². The maximum atomic E-state index is 13.3. The van der Waals surface area contributed by atoms with Crippen molar-refractivity contribution in [2.45, 2.75) is 62.7 Å². The molecule has 0 aromatic carbocycles. The van der Waals surface area contributed by atoms with E-state index >= 15 is 0 Å². The predicted molar refractivity (Wildman–Crippen MR) is 129 cm³/mol. The number of carboxylic acids is 1. The Morgan fingerprint density at radius 2 is 1.64 bits per heavy atom. The van der Waals surface area contributed by atoms with E-state index in [0.717, 1.165) is 0 Å². The van der Waals surface area contributed by atoms with Gasteiger partial charge in [-0.25, -0.2) is 4.79 Å². The molecule has 1 heterocycles. The molecule has 0 aromatic rings. The van der Waals surface area contributed by atoms with Crippen molar-refractivity contribution >= 4 is 53.1 Å². The molecule has 188 valence electrons. The maximum absolute atomic E-state index is 13.3. The monoisotopic (exact) mass is 505 g/mol. The average molecular weight is 506 g/mol. The summed E-state index contributed by atoms with van der Waals surface area (Å²) in [6.07, 6.45) is 5.35. The molecule has 1 fully saturated rings. The molecule has 13 heteroatoms. The van der Waals surface area contributed by atoms with Gasteiger partial charge >= 0.3 is 5.97 Å². The minimum Gasteiger partial charge on any atom is -0.480 e. The van der Waals surface area contributed by atoms with Gasteiger partial charge in [0, 0.05) is 13.0 Å². The van der Waals surface area contributed by atoms with Crippen LogP contribution in [0.25, 0.3) is 0 Å². The van der Waals surface area contributed by atoms with Crippen LogP contribution in [0.4, 0.5) is 0 Å². The molecule has 4 atom stereocenters. The largest absolute Gasteiger partial charge is 0.480 e. The lowest BCUT2D eigenvalue weighted by molar-refractivity contribution is -0.145. The molecule has 11 nitrogen and oxygen atoms in total. The van der Waals surface area contributed by atoms with Gasteiger partial charge in [0.05, 0.1) is 6.04 Å². The first kappa shape index (κ1) is 29.0. The molecule has 1 saturated heterocycles. The number of nitrogens with two attached hydrogens (primary N) is 2. The molecule has 0 aromatic heterocycles. The third-order valence-corrected chi connectivity index (χ3v) is 6.62. The zero-order chi connectivity index (χ0) is 25.0. The second kappa shape index (κ2) is 15.0. The summed E-state index contributed by atoms with van der Waals surface area (Å²) >= 11 is 2.98. The van der Waals surface area contributed by atoms with Crippen molar-refractivity contribution in [3.63, 3.8) is 0 Å². The Hall–Kier alpha value is -1.99. The number of hydrogen-bond acceptors (Lipinski definition) is 8. The number of nitrogens with one attached hydrogen (secondary N) is 2. The van der Waals surface area contributed by atoms with Gasteiger partial charge in [0.1, 0.15) is 18.1 Å². The van der Waals surface area contributed by atoms with E-state index in [4.69, 9.17) is 11.5 Å². The molecule has 4 amide bonds. The second-order valence-electron chi connectivity index (χ2n) is 7.82. The van der Waals surface area contributed by atoms with Crippen molar-refractivity contribution in [1.82, 2.24) is 15.5 Å². The van der Waals surface area contributed by atoms with E-state index in [0.29, 0.717) is 37.3 Å². The van der Waals surface area contributed by atoms with E-state index in [9.17, 15) is 29.1 Å². The number of primary amides is 1. The molecule has 4 unspecified atom stereocenters. The SMILES string of the molecule is CSCCC(NC(=O)C1CCCN1C(=O)C(CCSC)NC(=O)C(N)CCC(N)=O)C(=O)O. The highest BCUT2D eigenvalue weighted by atomic mass is 32.2. The smallest absolute Gasteiger partial charge is 0.326 e. The first-order valence-electron chi connectivity index (χ1n) is 10.8. The van der Waals surface area contributed by atoms with Gasteiger partial charge in [-0.1, -0.05) is 0 Å². The molecule has 0 aliphatic carbocycles. The fourth-order valence-corrected chi connectivity index (χ4v) is 4.41. The van der Waals surface area contributed by atoms with Gasteiger partial charge in [0.25, 0.3) is 0 Å². The second-order valence-corrected chi connectivity index (χ2v) is 9.80. The van der Waals surface area contributed by atoms with E-state index < -0.39 is 53.8 Å². The van der Waals surface area contributed by atoms with Crippen LogP contribution >= 0.6 is 23.5 Å². The Labute approximate surface area is 202 Å². The lowest BCUT2D eigenvalue weighted by atomic mass is 10.1. The molecule has 0 saturated carbocycles. The fourth-order valence-electron chi connectivity index (χ4n) is 3.46. The van der Waals surface area contributed by atoms with Crippen LogP contribution in [0.5, 0.6) is 0 Å². The molecule has 7 N–H and O–H groups in total. The summed E-state index contributed by atoms with van der Waals surface area (Å²) < 4.78 is 0. The summed E-state index contributed by atoms with van der Waals surface area (Å²) in [6.45, 7) is 0.332. The highest BCUT2D eigenvalue weighted by Crippen LogP contribution is 2.20. The normalized spacial score (nSPS) is 18.3. The zero-order valence-electron chi connectivity index (χ0n) is 19.1. The van der Waals surface area contributed by atoms with E-state index in [-0.39, 0.29) is 19.3 Å². The molecule has 0 bridgehead atoms. The lowest BCUT2D eigenvalue weighted by Gasteiger charge is -2.30. The van der Waals surface area contributed by atoms with E-state index in [1.54, 1.807) is 0 Å². The molecular formula is C20H35N5O6S2. The van der Waals surface area contributed by atoms with Crippen molar-refractivity contribution in [3.05, 3.63) is 0 Å². The molecule has 1 rings (SSSR count). The topological polar surface area (TPSA) is 185 Å². The van der Waals surface area contributed by atoms with Gasteiger partial charge in [-0.3, -0.25) is 19.2 Å². The standard InChI is InChI=1S/C20H35N5O6S2/c1-32-10-7-13(23-17(27)12(21)5-6-16(22)26)19(29)25-9-3-4-15(25)18(28)24-14(20(30)31)8-11-33-2/h12-15H,3-11,21H2,1-2H3,(H2,22,26)(H,23,27)(H,24,28)(H,30,31). The van der Waals surface area contributed by atoms with Gasteiger partial charge in [0.2, 0.25) is 23.6 Å². The summed E-state index contributed by atoms with van der Waals surface area (Å²) in [5, 5.41) is 14.6. The maximum Gasteiger partial charge on any atom is 0.326 e. The number of carboxylic acid groups (broad SMARTS) is 1. The predicted octanol–water partition coefficient (Wildman–Crippen LogP) is -0.869. The van der Waals surface area contributed by atoms with E-state index in [1.807, 2.05) is 12.5 Å². The Balaban J connectivity index is 2.88. The number of aliphatic carboxylic acids is 1. The quantitative estimate of drug-likeness (QED) is 0.189. The van der Waals surface area contributed by atoms with Gasteiger partial charge in [-0.2, -0.15) is 23.5 Å². The Bertz CT molecular complexity index is 710. The Morgan fingerprint density at radius 3 is 2.18 bits per heavy atom. The van der Waals surface area contributed by atoms with Gasteiger partial charge in [-0.05, 0) is 56.1 Å².